The minimum Gasteiger partial charge on any atom is -0.234 e. The Morgan fingerprint density at radius 3 is 2.60 bits per heavy atom. The number of nitrogens with zero attached hydrogens (tertiary/aromatic N) is 2. The lowest BCUT2D eigenvalue weighted by atomic mass is 10.3. The minimum absolute atomic E-state index is 0.128. The lowest BCUT2D eigenvalue weighted by Crippen LogP contribution is -1.99. The smallest absolute Gasteiger partial charge is 0.161 e. The van der Waals surface area contributed by atoms with Crippen LogP contribution in [0.5, 0.6) is 0 Å². The quantitative estimate of drug-likeness (QED) is 0.786. The van der Waals surface area contributed by atoms with E-state index in [0.29, 0.717) is 4.47 Å². The predicted molar refractivity (Wildman–Crippen MR) is 56.2 cm³/mol. The first-order valence-corrected chi connectivity index (χ1v) is 5.10. The number of rotatable bonds is 1. The fourth-order valence-corrected chi connectivity index (χ4v) is 2.13. The highest BCUT2D eigenvalue weighted by Crippen LogP contribution is 2.27. The second-order valence-corrected chi connectivity index (χ2v) is 4.11. The molecule has 0 aliphatic carbocycles. The Balaban J connectivity index is 2.62. The van der Waals surface area contributed by atoms with E-state index >= 15 is 0 Å². The molecule has 0 saturated heterocycles. The molecule has 78 valence electrons. The van der Waals surface area contributed by atoms with Gasteiger partial charge in [-0.3, -0.25) is 0 Å². The monoisotopic (exact) mass is 292 g/mol. The van der Waals surface area contributed by atoms with Crippen LogP contribution in [-0.4, -0.2) is 9.78 Å². The minimum atomic E-state index is -0.572. The van der Waals surface area contributed by atoms with E-state index in [0.717, 1.165) is 23.1 Å². The van der Waals surface area contributed by atoms with Crippen molar-refractivity contribution in [3.05, 3.63) is 45.7 Å². The van der Waals surface area contributed by atoms with Crippen molar-refractivity contribution < 1.29 is 8.78 Å². The molecule has 1 heterocycles. The Hall–Kier alpha value is -0.940. The van der Waals surface area contributed by atoms with Crippen molar-refractivity contribution in [2.24, 2.45) is 0 Å². The molecule has 15 heavy (non-hydrogen) atoms. The standard InChI is InChI=1S/C9H4BrClF2N2/c10-7-1-5(11)2-8(13)9(7)15-4-6(12)3-14-15/h1-4H. The molecule has 0 radical (unpaired) electrons. The van der Waals surface area contributed by atoms with Crippen molar-refractivity contribution in [3.63, 3.8) is 0 Å². The molecule has 1 aromatic carbocycles. The molecule has 0 saturated carbocycles. The van der Waals surface area contributed by atoms with E-state index in [-0.39, 0.29) is 10.7 Å². The first kappa shape index (κ1) is 10.6. The van der Waals surface area contributed by atoms with Gasteiger partial charge in [0.15, 0.2) is 11.6 Å². The zero-order valence-corrected chi connectivity index (χ0v) is 9.56. The largest absolute Gasteiger partial charge is 0.234 e. The molecular weight excluding hydrogens is 289 g/mol. The van der Waals surface area contributed by atoms with Crippen LogP contribution in [0.25, 0.3) is 5.69 Å². The highest BCUT2D eigenvalue weighted by atomic mass is 79.9. The molecule has 2 rings (SSSR count). The van der Waals surface area contributed by atoms with Crippen molar-refractivity contribution in [2.45, 2.75) is 0 Å². The van der Waals surface area contributed by atoms with Crippen LogP contribution in [0, 0.1) is 11.6 Å². The Morgan fingerprint density at radius 2 is 2.07 bits per heavy atom. The Kier molecular flexibility index (Phi) is 2.75. The number of halogens is 4. The normalized spacial score (nSPS) is 10.7. The lowest BCUT2D eigenvalue weighted by Gasteiger charge is -2.06. The molecule has 0 spiro atoms. The number of aromatic nitrogens is 2. The van der Waals surface area contributed by atoms with Crippen molar-refractivity contribution in [3.8, 4) is 5.69 Å². The molecular formula is C9H4BrClF2N2. The summed E-state index contributed by atoms with van der Waals surface area (Å²) >= 11 is 8.78. The number of hydrogen-bond donors (Lipinski definition) is 0. The van der Waals surface area contributed by atoms with E-state index in [1.807, 2.05) is 0 Å². The molecule has 0 unspecified atom stereocenters. The van der Waals surface area contributed by atoms with Gasteiger partial charge in [0.1, 0.15) is 5.69 Å². The van der Waals surface area contributed by atoms with Gasteiger partial charge >= 0.3 is 0 Å². The van der Waals surface area contributed by atoms with Crippen LogP contribution in [0.2, 0.25) is 5.02 Å². The molecule has 0 aliphatic heterocycles. The van der Waals surface area contributed by atoms with Crippen molar-refractivity contribution in [1.29, 1.82) is 0 Å². The van der Waals surface area contributed by atoms with Gasteiger partial charge in [-0.25, -0.2) is 13.5 Å². The first-order valence-electron chi connectivity index (χ1n) is 3.93. The topological polar surface area (TPSA) is 17.8 Å². The van der Waals surface area contributed by atoms with Gasteiger partial charge in [-0.2, -0.15) is 5.10 Å². The third-order valence-electron chi connectivity index (χ3n) is 1.76. The molecule has 2 aromatic rings. The van der Waals surface area contributed by atoms with Gasteiger partial charge in [-0.15, -0.1) is 0 Å². The van der Waals surface area contributed by atoms with Crippen molar-refractivity contribution >= 4 is 27.5 Å². The van der Waals surface area contributed by atoms with E-state index in [1.54, 1.807) is 0 Å². The summed E-state index contributed by atoms with van der Waals surface area (Å²) in [5.74, 6) is -1.10. The zero-order chi connectivity index (χ0) is 11.0. The summed E-state index contributed by atoms with van der Waals surface area (Å²) in [4.78, 5) is 0. The van der Waals surface area contributed by atoms with Crippen LogP contribution in [0.3, 0.4) is 0 Å². The van der Waals surface area contributed by atoms with E-state index in [2.05, 4.69) is 21.0 Å². The lowest BCUT2D eigenvalue weighted by molar-refractivity contribution is 0.606. The van der Waals surface area contributed by atoms with E-state index in [4.69, 9.17) is 11.6 Å². The molecule has 0 atom stereocenters. The van der Waals surface area contributed by atoms with Crippen LogP contribution in [-0.2, 0) is 0 Å². The van der Waals surface area contributed by atoms with Gasteiger partial charge < -0.3 is 0 Å². The summed E-state index contributed by atoms with van der Waals surface area (Å²) in [6, 6.07) is 2.65. The number of benzene rings is 1. The highest BCUT2D eigenvalue weighted by molar-refractivity contribution is 9.10. The Morgan fingerprint density at radius 1 is 1.33 bits per heavy atom. The SMILES string of the molecule is Fc1cnn(-c2c(F)cc(Cl)cc2Br)c1. The molecule has 0 bridgehead atoms. The molecule has 0 aliphatic rings. The second-order valence-electron chi connectivity index (χ2n) is 2.82. The summed E-state index contributed by atoms with van der Waals surface area (Å²) in [6.07, 6.45) is 2.08. The molecule has 1 aromatic heterocycles. The van der Waals surface area contributed by atoms with E-state index in [9.17, 15) is 8.78 Å². The fourth-order valence-electron chi connectivity index (χ4n) is 1.18. The first-order chi connectivity index (χ1) is 7.08. The third-order valence-corrected chi connectivity index (χ3v) is 2.58. The highest BCUT2D eigenvalue weighted by Gasteiger charge is 2.12. The van der Waals surface area contributed by atoms with E-state index in [1.165, 1.54) is 6.07 Å². The molecule has 0 N–H and O–H groups in total. The summed E-state index contributed by atoms with van der Waals surface area (Å²) in [6.45, 7) is 0. The summed E-state index contributed by atoms with van der Waals surface area (Å²) in [7, 11) is 0. The van der Waals surface area contributed by atoms with Crippen LogP contribution < -0.4 is 0 Å². The summed E-state index contributed by atoms with van der Waals surface area (Å²) in [5.41, 5.74) is 0.128. The summed E-state index contributed by atoms with van der Waals surface area (Å²) < 4.78 is 27.7. The zero-order valence-electron chi connectivity index (χ0n) is 7.22. The average molecular weight is 293 g/mol. The van der Waals surface area contributed by atoms with Crippen LogP contribution in [0.1, 0.15) is 0 Å². The van der Waals surface area contributed by atoms with Crippen molar-refractivity contribution in [1.82, 2.24) is 9.78 Å². The van der Waals surface area contributed by atoms with Crippen LogP contribution >= 0.6 is 27.5 Å². The van der Waals surface area contributed by atoms with Gasteiger partial charge in [0.2, 0.25) is 0 Å². The molecule has 0 amide bonds. The van der Waals surface area contributed by atoms with Crippen LogP contribution in [0.15, 0.2) is 29.0 Å². The second kappa shape index (κ2) is 3.90. The van der Waals surface area contributed by atoms with E-state index < -0.39 is 11.6 Å². The van der Waals surface area contributed by atoms with Gasteiger partial charge in [-0.1, -0.05) is 11.6 Å². The maximum Gasteiger partial charge on any atom is 0.161 e. The average Bonchev–Trinajstić information content (AvgIpc) is 2.49. The molecule has 6 heteroatoms. The van der Waals surface area contributed by atoms with Crippen molar-refractivity contribution in [2.75, 3.05) is 0 Å². The molecule has 0 fully saturated rings. The maximum atomic E-state index is 13.5. The fraction of sp³-hybridized carbons (Fsp3) is 0. The third kappa shape index (κ3) is 2.03. The van der Waals surface area contributed by atoms with Gasteiger partial charge in [0, 0.05) is 9.50 Å². The number of hydrogen-bond acceptors (Lipinski definition) is 1. The summed E-state index contributed by atoms with van der Waals surface area (Å²) in [5, 5.41) is 3.93. The maximum absolute atomic E-state index is 13.5. The van der Waals surface area contributed by atoms with Crippen LogP contribution in [0.4, 0.5) is 8.78 Å². The van der Waals surface area contributed by atoms with Gasteiger partial charge in [0.05, 0.1) is 12.4 Å². The van der Waals surface area contributed by atoms with Gasteiger partial charge in [0.25, 0.3) is 0 Å². The van der Waals surface area contributed by atoms with Gasteiger partial charge in [-0.05, 0) is 28.1 Å². The Labute approximate surface area is 97.6 Å². The predicted octanol–water partition coefficient (Wildman–Crippen LogP) is 3.57. The molecule has 2 nitrogen and oxygen atoms in total. The Bertz CT molecular complexity index is 490.